The van der Waals surface area contributed by atoms with Crippen LogP contribution < -0.4 is 10.2 Å². The molecule has 2 aromatic heterocycles. The summed E-state index contributed by atoms with van der Waals surface area (Å²) in [7, 11) is 0. The Morgan fingerprint density at radius 2 is 1.87 bits per heavy atom. The standard InChI is InChI=1S/C24H25N5O2/c30-23-29(22-7-4-14-27-28-22)17-24(31-23)12-10-18(11-13-24)15-25-21-9-8-20(16-26-21)19-5-2-1-3-6-19/h1-9,14,16,18H,10-13,15,17H2,(H,25,26)/t18-,24-. The number of rotatable bonds is 5. The van der Waals surface area contributed by atoms with Crippen LogP contribution in [0.3, 0.4) is 0 Å². The lowest BCUT2D eigenvalue weighted by atomic mass is 9.78. The van der Waals surface area contributed by atoms with Crippen LogP contribution in [0.4, 0.5) is 16.4 Å². The first-order valence-electron chi connectivity index (χ1n) is 10.7. The normalized spacial score (nSPS) is 23.0. The summed E-state index contributed by atoms with van der Waals surface area (Å²) in [5.74, 6) is 1.98. The van der Waals surface area contributed by atoms with Crippen LogP contribution in [0.25, 0.3) is 11.1 Å². The number of aromatic nitrogens is 3. The van der Waals surface area contributed by atoms with Crippen molar-refractivity contribution in [2.24, 2.45) is 5.92 Å². The number of nitrogens with zero attached hydrogens (tertiary/aromatic N) is 4. The van der Waals surface area contributed by atoms with Gasteiger partial charge in [0.15, 0.2) is 5.82 Å². The Morgan fingerprint density at radius 1 is 1.03 bits per heavy atom. The zero-order valence-corrected chi connectivity index (χ0v) is 17.3. The van der Waals surface area contributed by atoms with E-state index in [2.05, 4.69) is 38.7 Å². The van der Waals surface area contributed by atoms with Crippen LogP contribution >= 0.6 is 0 Å². The highest BCUT2D eigenvalue weighted by atomic mass is 16.6. The maximum absolute atomic E-state index is 12.4. The molecular weight excluding hydrogens is 390 g/mol. The molecule has 0 bridgehead atoms. The second-order valence-electron chi connectivity index (χ2n) is 8.34. The van der Waals surface area contributed by atoms with Gasteiger partial charge in [0.05, 0.1) is 6.54 Å². The van der Waals surface area contributed by atoms with Gasteiger partial charge < -0.3 is 10.1 Å². The summed E-state index contributed by atoms with van der Waals surface area (Å²) < 4.78 is 5.81. The molecule has 0 atom stereocenters. The van der Waals surface area contributed by atoms with Gasteiger partial charge in [-0.25, -0.2) is 9.78 Å². The number of nitrogens with one attached hydrogen (secondary N) is 1. The molecule has 1 saturated carbocycles. The topological polar surface area (TPSA) is 80.2 Å². The van der Waals surface area contributed by atoms with Gasteiger partial charge in [-0.1, -0.05) is 30.3 Å². The first-order valence-corrected chi connectivity index (χ1v) is 10.7. The number of hydrogen-bond acceptors (Lipinski definition) is 6. The van der Waals surface area contributed by atoms with Crippen molar-refractivity contribution >= 4 is 17.7 Å². The molecular formula is C24H25N5O2. The fourth-order valence-electron chi connectivity index (χ4n) is 4.45. The maximum Gasteiger partial charge on any atom is 0.416 e. The molecule has 158 valence electrons. The molecule has 5 rings (SSSR count). The van der Waals surface area contributed by atoms with E-state index < -0.39 is 5.60 Å². The van der Waals surface area contributed by atoms with Crippen LogP contribution in [0.1, 0.15) is 25.7 Å². The van der Waals surface area contributed by atoms with E-state index in [0.717, 1.165) is 43.6 Å². The van der Waals surface area contributed by atoms with Crippen LogP contribution in [0.2, 0.25) is 0 Å². The summed E-state index contributed by atoms with van der Waals surface area (Å²) in [5, 5.41) is 11.4. The van der Waals surface area contributed by atoms with Crippen LogP contribution in [-0.2, 0) is 4.74 Å². The smallest absolute Gasteiger partial charge is 0.416 e. The van der Waals surface area contributed by atoms with Crippen LogP contribution in [-0.4, -0.2) is 40.0 Å². The Balaban J connectivity index is 1.14. The van der Waals surface area contributed by atoms with E-state index in [0.29, 0.717) is 18.3 Å². The van der Waals surface area contributed by atoms with E-state index in [9.17, 15) is 4.79 Å². The Kier molecular flexibility index (Phi) is 5.24. The van der Waals surface area contributed by atoms with Crippen LogP contribution in [0.5, 0.6) is 0 Å². The molecule has 1 aliphatic heterocycles. The molecule has 1 N–H and O–H groups in total. The minimum atomic E-state index is -0.402. The van der Waals surface area contributed by atoms with Crippen molar-refractivity contribution in [3.63, 3.8) is 0 Å². The van der Waals surface area contributed by atoms with E-state index in [1.807, 2.05) is 30.5 Å². The molecule has 0 unspecified atom stereocenters. The number of ether oxygens (including phenoxy) is 1. The number of benzene rings is 1. The molecule has 2 fully saturated rings. The Labute approximate surface area is 181 Å². The molecule has 7 nitrogen and oxygen atoms in total. The van der Waals surface area contributed by atoms with E-state index in [4.69, 9.17) is 4.74 Å². The highest BCUT2D eigenvalue weighted by Gasteiger charge is 2.48. The van der Waals surface area contributed by atoms with E-state index >= 15 is 0 Å². The second-order valence-corrected chi connectivity index (χ2v) is 8.34. The largest absolute Gasteiger partial charge is 0.441 e. The van der Waals surface area contributed by atoms with Crippen molar-refractivity contribution in [2.45, 2.75) is 31.3 Å². The summed E-state index contributed by atoms with van der Waals surface area (Å²) in [5.41, 5.74) is 1.88. The summed E-state index contributed by atoms with van der Waals surface area (Å²) in [6.07, 6.45) is 6.94. The second kappa shape index (κ2) is 8.34. The quantitative estimate of drug-likeness (QED) is 0.659. The van der Waals surface area contributed by atoms with Crippen molar-refractivity contribution in [1.82, 2.24) is 15.2 Å². The van der Waals surface area contributed by atoms with Crippen molar-refractivity contribution in [3.05, 3.63) is 67.0 Å². The molecule has 31 heavy (non-hydrogen) atoms. The van der Waals surface area contributed by atoms with E-state index in [-0.39, 0.29) is 6.09 Å². The highest BCUT2D eigenvalue weighted by molar-refractivity contribution is 5.89. The van der Waals surface area contributed by atoms with Crippen LogP contribution in [0, 0.1) is 5.92 Å². The van der Waals surface area contributed by atoms with Gasteiger partial charge in [-0.2, -0.15) is 5.10 Å². The van der Waals surface area contributed by atoms with Crippen molar-refractivity contribution in [2.75, 3.05) is 23.3 Å². The predicted molar refractivity (Wildman–Crippen MR) is 119 cm³/mol. The zero-order valence-electron chi connectivity index (χ0n) is 17.3. The van der Waals surface area contributed by atoms with Gasteiger partial charge in [0.2, 0.25) is 0 Å². The van der Waals surface area contributed by atoms with E-state index in [1.54, 1.807) is 23.2 Å². The Hall–Kier alpha value is -3.48. The molecule has 1 aromatic carbocycles. The molecule has 3 aromatic rings. The fourth-order valence-corrected chi connectivity index (χ4v) is 4.45. The number of carbonyl (C=O) groups is 1. The molecule has 1 amide bonds. The molecule has 1 spiro atoms. The maximum atomic E-state index is 12.4. The first kappa shape index (κ1) is 19.5. The third-order valence-corrected chi connectivity index (χ3v) is 6.26. The van der Waals surface area contributed by atoms with Gasteiger partial charge in [0, 0.05) is 24.5 Å². The number of hydrogen-bond donors (Lipinski definition) is 1. The van der Waals surface area contributed by atoms with Crippen molar-refractivity contribution in [1.29, 1.82) is 0 Å². The lowest BCUT2D eigenvalue weighted by Crippen LogP contribution is -2.39. The summed E-state index contributed by atoms with van der Waals surface area (Å²) in [6, 6.07) is 18.0. The van der Waals surface area contributed by atoms with Gasteiger partial charge in [-0.3, -0.25) is 4.90 Å². The average Bonchev–Trinajstić information content (AvgIpc) is 3.16. The third-order valence-electron chi connectivity index (χ3n) is 6.26. The number of pyridine rings is 1. The minimum absolute atomic E-state index is 0.320. The molecule has 2 aliphatic rings. The number of anilines is 2. The van der Waals surface area contributed by atoms with Crippen LogP contribution in [0.15, 0.2) is 67.0 Å². The lowest BCUT2D eigenvalue weighted by Gasteiger charge is -2.35. The third kappa shape index (κ3) is 4.21. The summed E-state index contributed by atoms with van der Waals surface area (Å²) in [6.45, 7) is 1.42. The van der Waals surface area contributed by atoms with Gasteiger partial charge in [-0.05, 0) is 61.4 Å². The predicted octanol–water partition coefficient (Wildman–Crippen LogP) is 4.54. The molecule has 3 heterocycles. The van der Waals surface area contributed by atoms with Gasteiger partial charge in [-0.15, -0.1) is 5.10 Å². The Bertz CT molecular complexity index is 1020. The number of amides is 1. The lowest BCUT2D eigenvalue weighted by molar-refractivity contribution is 0.0148. The van der Waals surface area contributed by atoms with E-state index in [1.165, 1.54) is 5.56 Å². The molecule has 1 saturated heterocycles. The van der Waals surface area contributed by atoms with Crippen molar-refractivity contribution < 1.29 is 9.53 Å². The minimum Gasteiger partial charge on any atom is -0.441 e. The Morgan fingerprint density at radius 3 is 2.58 bits per heavy atom. The molecule has 0 radical (unpaired) electrons. The highest BCUT2D eigenvalue weighted by Crippen LogP contribution is 2.40. The average molecular weight is 415 g/mol. The van der Waals surface area contributed by atoms with Crippen molar-refractivity contribution in [3.8, 4) is 11.1 Å². The van der Waals surface area contributed by atoms with Gasteiger partial charge in [0.25, 0.3) is 0 Å². The summed E-state index contributed by atoms with van der Waals surface area (Å²) in [4.78, 5) is 18.6. The monoisotopic (exact) mass is 415 g/mol. The summed E-state index contributed by atoms with van der Waals surface area (Å²) >= 11 is 0. The molecule has 7 heteroatoms. The number of carbonyl (C=O) groups excluding carboxylic acids is 1. The first-order chi connectivity index (χ1) is 15.2. The zero-order chi connectivity index (χ0) is 21.1. The SMILES string of the molecule is O=C1O[C@]2(CC[C@H](CNc3ccc(-c4ccccc4)cn3)CC2)CN1c1cccnn1. The van der Waals surface area contributed by atoms with Gasteiger partial charge >= 0.3 is 6.09 Å². The fraction of sp³-hybridized carbons (Fsp3) is 0.333. The van der Waals surface area contributed by atoms with Gasteiger partial charge in [0.1, 0.15) is 11.4 Å². The molecule has 1 aliphatic carbocycles.